The van der Waals surface area contributed by atoms with Crippen LogP contribution in [0.3, 0.4) is 0 Å². The van der Waals surface area contributed by atoms with Gasteiger partial charge in [0.1, 0.15) is 0 Å². The van der Waals surface area contributed by atoms with E-state index in [0.717, 1.165) is 13.1 Å². The first kappa shape index (κ1) is 24.1. The summed E-state index contributed by atoms with van der Waals surface area (Å²) in [5.74, 6) is 0.0259. The maximum Gasteiger partial charge on any atom is 0.305 e. The van der Waals surface area contributed by atoms with Crippen LogP contribution in [0.1, 0.15) is 16.8 Å². The van der Waals surface area contributed by atoms with Crippen molar-refractivity contribution in [3.63, 3.8) is 0 Å². The van der Waals surface area contributed by atoms with Crippen molar-refractivity contribution in [2.24, 2.45) is 0 Å². The maximum atomic E-state index is 12.2. The summed E-state index contributed by atoms with van der Waals surface area (Å²) in [4.78, 5) is 43.8. The second kappa shape index (κ2) is 12.5. The fraction of sp³-hybridized carbons (Fsp3) is 0.500. The minimum atomic E-state index is -0.900. The summed E-state index contributed by atoms with van der Waals surface area (Å²) in [6.45, 7) is 4.27. The maximum absolute atomic E-state index is 12.2. The highest BCUT2D eigenvalue weighted by atomic mass is 16.5. The van der Waals surface area contributed by atoms with E-state index in [2.05, 4.69) is 30.2 Å². The second-order valence-electron chi connectivity index (χ2n) is 7.19. The van der Waals surface area contributed by atoms with Gasteiger partial charge in [-0.2, -0.15) is 0 Å². The molecule has 13 nitrogen and oxygen atoms in total. The second-order valence-corrected chi connectivity index (χ2v) is 7.19. The molecular weight excluding hydrogens is 432 g/mol. The van der Waals surface area contributed by atoms with Gasteiger partial charge >= 0.3 is 5.97 Å². The van der Waals surface area contributed by atoms with Gasteiger partial charge in [0, 0.05) is 45.1 Å². The normalized spacial score (nSPS) is 13.7. The van der Waals surface area contributed by atoms with Crippen LogP contribution in [0.25, 0.3) is 0 Å². The van der Waals surface area contributed by atoms with Crippen molar-refractivity contribution in [1.29, 1.82) is 0 Å². The van der Waals surface area contributed by atoms with Crippen LogP contribution >= 0.6 is 0 Å². The number of ether oxygens (including phenoxy) is 2. The van der Waals surface area contributed by atoms with Gasteiger partial charge in [0.2, 0.25) is 11.9 Å². The molecule has 178 valence electrons. The number of carboxylic acid groups (broad SMARTS) is 1. The van der Waals surface area contributed by atoms with Crippen LogP contribution < -0.4 is 20.9 Å². The predicted octanol–water partition coefficient (Wildman–Crippen LogP) is -0.587. The third-order valence-electron chi connectivity index (χ3n) is 4.77. The van der Waals surface area contributed by atoms with Crippen molar-refractivity contribution in [2.45, 2.75) is 6.42 Å². The molecule has 0 unspecified atom stereocenters. The third-order valence-corrected chi connectivity index (χ3v) is 4.77. The minimum Gasteiger partial charge on any atom is -0.481 e. The zero-order valence-electron chi connectivity index (χ0n) is 18.2. The topological polar surface area (TPSA) is 169 Å². The van der Waals surface area contributed by atoms with Crippen LogP contribution in [0, 0.1) is 0 Å². The average molecular weight is 460 g/mol. The monoisotopic (exact) mass is 460 g/mol. The number of piperazine rings is 1. The molecule has 33 heavy (non-hydrogen) atoms. The number of carbonyl (C=O) groups excluding carboxylic acids is 1. The molecule has 1 amide bonds. The van der Waals surface area contributed by atoms with Crippen molar-refractivity contribution in [2.75, 3.05) is 74.7 Å². The van der Waals surface area contributed by atoms with E-state index in [1.54, 1.807) is 12.4 Å². The highest BCUT2D eigenvalue weighted by molar-refractivity contribution is 5.93. The molecule has 0 radical (unpaired) electrons. The van der Waals surface area contributed by atoms with E-state index in [0.29, 0.717) is 62.6 Å². The van der Waals surface area contributed by atoms with Gasteiger partial charge < -0.3 is 35.4 Å². The number of nitrogens with zero attached hydrogens (tertiary/aromatic N) is 6. The summed E-state index contributed by atoms with van der Waals surface area (Å²) < 4.78 is 10.4. The van der Waals surface area contributed by atoms with E-state index in [9.17, 15) is 9.59 Å². The molecular formula is C20H28N8O5. The molecule has 1 aliphatic rings. The van der Waals surface area contributed by atoms with Gasteiger partial charge in [0.15, 0.2) is 0 Å². The van der Waals surface area contributed by atoms with Gasteiger partial charge in [-0.1, -0.05) is 0 Å². The number of nitrogen functional groups attached to an aromatic ring is 1. The van der Waals surface area contributed by atoms with Gasteiger partial charge in [-0.05, 0) is 0 Å². The van der Waals surface area contributed by atoms with E-state index in [-0.39, 0.29) is 18.9 Å². The minimum absolute atomic E-state index is 0.0360. The summed E-state index contributed by atoms with van der Waals surface area (Å²) >= 11 is 0. The lowest BCUT2D eigenvalue weighted by molar-refractivity contribution is -0.138. The molecule has 1 aliphatic heterocycles. The lowest BCUT2D eigenvalue weighted by Gasteiger charge is -2.34. The van der Waals surface area contributed by atoms with Crippen LogP contribution in [0.2, 0.25) is 0 Å². The lowest BCUT2D eigenvalue weighted by atomic mass is 10.3. The molecule has 3 rings (SSSR count). The molecule has 1 fully saturated rings. The highest BCUT2D eigenvalue weighted by Gasteiger charge is 2.21. The number of aliphatic carboxylic acids is 1. The number of hydrogen-bond acceptors (Lipinski definition) is 11. The summed E-state index contributed by atoms with van der Waals surface area (Å²) in [5.41, 5.74) is 6.53. The Morgan fingerprint density at radius 1 is 0.879 bits per heavy atom. The summed E-state index contributed by atoms with van der Waals surface area (Å²) in [7, 11) is 0. The Morgan fingerprint density at radius 3 is 1.94 bits per heavy atom. The Kier molecular flexibility index (Phi) is 9.08. The molecule has 0 atom stereocenters. The smallest absolute Gasteiger partial charge is 0.305 e. The molecule has 13 heteroatoms. The number of carboxylic acids is 1. The SMILES string of the molecule is Nc1cnc(N2CCN(c3ncc(C(=O)NCCOCCOCCC(=O)O)cn3)CC2)nc1. The van der Waals surface area contributed by atoms with Crippen molar-refractivity contribution < 1.29 is 24.2 Å². The zero-order chi connectivity index (χ0) is 23.5. The number of amides is 1. The number of nitrogens with one attached hydrogen (secondary N) is 1. The predicted molar refractivity (Wildman–Crippen MR) is 119 cm³/mol. The molecule has 0 saturated carbocycles. The Morgan fingerprint density at radius 2 is 1.39 bits per heavy atom. The molecule has 1 saturated heterocycles. The van der Waals surface area contributed by atoms with E-state index >= 15 is 0 Å². The standard InChI is InChI=1S/C20H28N8O5/c21-16-13-25-20(26-14-16)28-5-3-27(4-6-28)19-23-11-15(12-24-19)18(31)22-2-8-33-10-9-32-7-1-17(29)30/h11-14H,1-10,21H2,(H,22,31)(H,29,30). The fourth-order valence-corrected chi connectivity index (χ4v) is 3.02. The first-order chi connectivity index (χ1) is 16.0. The van der Waals surface area contributed by atoms with Crippen LogP contribution in [-0.4, -0.2) is 96.1 Å². The lowest BCUT2D eigenvalue weighted by Crippen LogP contribution is -2.47. The number of nitrogens with two attached hydrogens (primary N) is 1. The molecule has 0 spiro atoms. The van der Waals surface area contributed by atoms with Crippen LogP contribution in [0.5, 0.6) is 0 Å². The van der Waals surface area contributed by atoms with Crippen LogP contribution in [0.4, 0.5) is 17.6 Å². The van der Waals surface area contributed by atoms with E-state index in [1.807, 2.05) is 4.90 Å². The number of rotatable bonds is 12. The van der Waals surface area contributed by atoms with Gasteiger partial charge in [-0.15, -0.1) is 0 Å². The summed E-state index contributed by atoms with van der Waals surface area (Å²) in [6.07, 6.45) is 6.15. The van der Waals surface area contributed by atoms with Gasteiger partial charge in [0.25, 0.3) is 5.91 Å². The first-order valence-corrected chi connectivity index (χ1v) is 10.6. The van der Waals surface area contributed by atoms with E-state index in [1.165, 1.54) is 12.4 Å². The number of anilines is 3. The molecule has 3 heterocycles. The van der Waals surface area contributed by atoms with Gasteiger partial charge in [-0.3, -0.25) is 9.59 Å². The van der Waals surface area contributed by atoms with Crippen molar-refractivity contribution in [3.05, 3.63) is 30.4 Å². The van der Waals surface area contributed by atoms with Crippen molar-refractivity contribution in [1.82, 2.24) is 25.3 Å². The zero-order valence-corrected chi connectivity index (χ0v) is 18.2. The molecule has 0 bridgehead atoms. The molecule has 0 aliphatic carbocycles. The first-order valence-electron chi connectivity index (χ1n) is 10.6. The van der Waals surface area contributed by atoms with E-state index < -0.39 is 5.97 Å². The van der Waals surface area contributed by atoms with Crippen LogP contribution in [0.15, 0.2) is 24.8 Å². The number of carbonyl (C=O) groups is 2. The molecule has 4 N–H and O–H groups in total. The number of hydrogen-bond donors (Lipinski definition) is 3. The third kappa shape index (κ3) is 7.80. The summed E-state index contributed by atoms with van der Waals surface area (Å²) in [5, 5.41) is 11.2. The fourth-order valence-electron chi connectivity index (χ4n) is 3.02. The Hall–Kier alpha value is -3.58. The molecule has 2 aromatic heterocycles. The summed E-state index contributed by atoms with van der Waals surface area (Å²) in [6, 6.07) is 0. The largest absolute Gasteiger partial charge is 0.481 e. The van der Waals surface area contributed by atoms with Gasteiger partial charge in [-0.25, -0.2) is 19.9 Å². The Labute approximate surface area is 190 Å². The number of aromatic nitrogens is 4. The Bertz CT molecular complexity index is 888. The van der Waals surface area contributed by atoms with E-state index in [4.69, 9.17) is 20.3 Å². The Balaban J connectivity index is 1.33. The quantitative estimate of drug-likeness (QED) is 0.345. The molecule has 2 aromatic rings. The van der Waals surface area contributed by atoms with Crippen molar-refractivity contribution >= 4 is 29.5 Å². The van der Waals surface area contributed by atoms with Gasteiger partial charge in [0.05, 0.1) is 56.5 Å². The average Bonchev–Trinajstić information content (AvgIpc) is 2.83. The van der Waals surface area contributed by atoms with Crippen LogP contribution in [-0.2, 0) is 14.3 Å². The highest BCUT2D eigenvalue weighted by Crippen LogP contribution is 2.15. The molecule has 0 aromatic carbocycles. The van der Waals surface area contributed by atoms with Crippen molar-refractivity contribution in [3.8, 4) is 0 Å².